The van der Waals surface area contributed by atoms with Gasteiger partial charge in [0.05, 0.1) is 18.1 Å². The van der Waals surface area contributed by atoms with E-state index in [4.69, 9.17) is 9.47 Å². The largest absolute Gasteiger partial charge is 0.490 e. The Bertz CT molecular complexity index is 841. The van der Waals surface area contributed by atoms with E-state index in [9.17, 15) is 12.8 Å². The summed E-state index contributed by atoms with van der Waals surface area (Å²) in [6.45, 7) is 1.39. The maximum atomic E-state index is 12.8. The first-order valence-corrected chi connectivity index (χ1v) is 10.8. The topological polar surface area (TPSA) is 64.6 Å². The lowest BCUT2D eigenvalue weighted by molar-refractivity contribution is 0.297. The van der Waals surface area contributed by atoms with Gasteiger partial charge < -0.3 is 9.47 Å². The van der Waals surface area contributed by atoms with Gasteiger partial charge in [0.25, 0.3) is 0 Å². The smallest absolute Gasteiger partial charge is 0.240 e. The molecule has 1 heterocycles. The van der Waals surface area contributed by atoms with Crippen LogP contribution in [0.25, 0.3) is 0 Å². The fraction of sp³-hybridized carbons (Fsp3) is 0.333. The Kier molecular flexibility index (Phi) is 6.39. The van der Waals surface area contributed by atoms with Gasteiger partial charge in [0.15, 0.2) is 11.5 Å². The molecule has 0 radical (unpaired) electrons. The number of nitrogens with one attached hydrogen (secondary N) is 1. The van der Waals surface area contributed by atoms with Crippen LogP contribution in [0, 0.1) is 5.82 Å². The minimum atomic E-state index is -3.60. The molecule has 0 saturated carbocycles. The van der Waals surface area contributed by atoms with Crippen molar-refractivity contribution in [3.8, 4) is 11.5 Å². The van der Waals surface area contributed by atoms with Crippen LogP contribution < -0.4 is 14.2 Å². The SMILES string of the molecule is O=S(=O)(NCCCSc1ccc(F)cc1)c1ccc2c(c1)OCCCO2. The molecule has 0 saturated heterocycles. The second-order valence-electron chi connectivity index (χ2n) is 5.71. The van der Waals surface area contributed by atoms with Gasteiger partial charge in [-0.15, -0.1) is 11.8 Å². The third-order valence-corrected chi connectivity index (χ3v) is 6.28. The summed E-state index contributed by atoms with van der Waals surface area (Å²) in [6, 6.07) is 10.9. The molecule has 1 aliphatic heterocycles. The summed E-state index contributed by atoms with van der Waals surface area (Å²) < 4.78 is 51.3. The van der Waals surface area contributed by atoms with E-state index in [1.54, 1.807) is 30.0 Å². The van der Waals surface area contributed by atoms with Crippen LogP contribution in [-0.2, 0) is 10.0 Å². The van der Waals surface area contributed by atoms with Crippen molar-refractivity contribution >= 4 is 21.8 Å². The Morgan fingerprint density at radius 3 is 2.54 bits per heavy atom. The normalized spacial score (nSPS) is 14.0. The Balaban J connectivity index is 1.51. The van der Waals surface area contributed by atoms with Crippen LogP contribution in [0.4, 0.5) is 4.39 Å². The predicted molar refractivity (Wildman–Crippen MR) is 99.0 cm³/mol. The third-order valence-electron chi connectivity index (χ3n) is 3.72. The van der Waals surface area contributed by atoms with Crippen molar-refractivity contribution in [2.75, 3.05) is 25.5 Å². The molecule has 0 fully saturated rings. The Morgan fingerprint density at radius 1 is 1.04 bits per heavy atom. The summed E-state index contributed by atoms with van der Waals surface area (Å²) in [5, 5.41) is 0. The van der Waals surface area contributed by atoms with Gasteiger partial charge in [-0.05, 0) is 48.6 Å². The average molecular weight is 397 g/mol. The molecular formula is C18H20FNO4S2. The van der Waals surface area contributed by atoms with Crippen LogP contribution in [0.2, 0.25) is 0 Å². The Labute approximate surface area is 156 Å². The van der Waals surface area contributed by atoms with Gasteiger partial charge in [-0.25, -0.2) is 17.5 Å². The number of hydrogen-bond acceptors (Lipinski definition) is 5. The molecule has 1 N–H and O–H groups in total. The fourth-order valence-electron chi connectivity index (χ4n) is 2.39. The number of thioether (sulfide) groups is 1. The molecule has 8 heteroatoms. The summed E-state index contributed by atoms with van der Waals surface area (Å²) in [4.78, 5) is 1.12. The molecule has 2 aromatic carbocycles. The lowest BCUT2D eigenvalue weighted by Gasteiger charge is -2.11. The van der Waals surface area contributed by atoms with Gasteiger partial charge in [0, 0.05) is 23.9 Å². The molecular weight excluding hydrogens is 377 g/mol. The summed E-state index contributed by atoms with van der Waals surface area (Å²) in [5.74, 6) is 1.49. The van der Waals surface area contributed by atoms with Crippen LogP contribution in [0.3, 0.4) is 0 Å². The van der Waals surface area contributed by atoms with E-state index in [0.29, 0.717) is 37.7 Å². The van der Waals surface area contributed by atoms with E-state index >= 15 is 0 Å². The van der Waals surface area contributed by atoms with Crippen molar-refractivity contribution in [3.05, 3.63) is 48.3 Å². The van der Waals surface area contributed by atoms with Crippen molar-refractivity contribution in [1.82, 2.24) is 4.72 Å². The minimum absolute atomic E-state index is 0.160. The van der Waals surface area contributed by atoms with Gasteiger partial charge in [0.1, 0.15) is 5.82 Å². The number of benzene rings is 2. The maximum Gasteiger partial charge on any atom is 0.240 e. The van der Waals surface area contributed by atoms with Crippen LogP contribution in [0.5, 0.6) is 11.5 Å². The standard InChI is InChI=1S/C18H20FNO4S2/c19-14-3-5-15(6-4-14)25-12-1-9-20-26(21,22)16-7-8-17-18(13-16)24-11-2-10-23-17/h3-8,13,20H,1-2,9-12H2. The first kappa shape index (κ1) is 19.0. The van der Waals surface area contributed by atoms with Crippen molar-refractivity contribution in [3.63, 3.8) is 0 Å². The molecule has 0 aromatic heterocycles. The zero-order valence-electron chi connectivity index (χ0n) is 14.1. The molecule has 0 unspecified atom stereocenters. The molecule has 3 rings (SSSR count). The second-order valence-corrected chi connectivity index (χ2v) is 8.65. The van der Waals surface area contributed by atoms with Crippen molar-refractivity contribution in [2.45, 2.75) is 22.6 Å². The van der Waals surface area contributed by atoms with Crippen LogP contribution in [0.15, 0.2) is 52.3 Å². The monoisotopic (exact) mass is 397 g/mol. The summed E-state index contributed by atoms with van der Waals surface area (Å²) in [7, 11) is -3.60. The van der Waals surface area contributed by atoms with Crippen LogP contribution in [0.1, 0.15) is 12.8 Å². The summed E-state index contributed by atoms with van der Waals surface area (Å²) in [5.41, 5.74) is 0. The molecule has 2 aromatic rings. The van der Waals surface area contributed by atoms with Gasteiger partial charge in [0.2, 0.25) is 10.0 Å². The van der Waals surface area contributed by atoms with Crippen LogP contribution >= 0.6 is 11.8 Å². The van der Waals surface area contributed by atoms with Gasteiger partial charge >= 0.3 is 0 Å². The molecule has 0 atom stereocenters. The third kappa shape index (κ3) is 5.12. The first-order valence-electron chi connectivity index (χ1n) is 8.32. The lowest BCUT2D eigenvalue weighted by atomic mass is 10.3. The maximum absolute atomic E-state index is 12.8. The van der Waals surface area contributed by atoms with E-state index in [1.807, 2.05) is 0 Å². The van der Waals surface area contributed by atoms with Crippen LogP contribution in [-0.4, -0.2) is 33.9 Å². The highest BCUT2D eigenvalue weighted by atomic mass is 32.2. The van der Waals surface area contributed by atoms with E-state index in [-0.39, 0.29) is 10.7 Å². The Morgan fingerprint density at radius 2 is 1.77 bits per heavy atom. The van der Waals surface area contributed by atoms with Crippen molar-refractivity contribution in [1.29, 1.82) is 0 Å². The minimum Gasteiger partial charge on any atom is -0.490 e. The average Bonchev–Trinajstić information content (AvgIpc) is 2.87. The highest BCUT2D eigenvalue weighted by molar-refractivity contribution is 7.99. The highest BCUT2D eigenvalue weighted by Gasteiger charge is 2.18. The summed E-state index contributed by atoms with van der Waals surface area (Å²) >= 11 is 1.56. The van der Waals surface area contributed by atoms with Crippen molar-refractivity contribution in [2.24, 2.45) is 0 Å². The van der Waals surface area contributed by atoms with Gasteiger partial charge in [-0.1, -0.05) is 0 Å². The first-order chi connectivity index (χ1) is 12.5. The number of sulfonamides is 1. The van der Waals surface area contributed by atoms with E-state index in [0.717, 1.165) is 17.1 Å². The lowest BCUT2D eigenvalue weighted by Crippen LogP contribution is -2.25. The molecule has 5 nitrogen and oxygen atoms in total. The number of ether oxygens (including phenoxy) is 2. The molecule has 0 spiro atoms. The molecule has 140 valence electrons. The molecule has 1 aliphatic rings. The van der Waals surface area contributed by atoms with Gasteiger partial charge in [-0.2, -0.15) is 0 Å². The number of fused-ring (bicyclic) bond motifs is 1. The predicted octanol–water partition coefficient (Wildman–Crippen LogP) is 3.45. The quantitative estimate of drug-likeness (QED) is 0.573. The molecule has 0 bridgehead atoms. The molecule has 0 amide bonds. The fourth-order valence-corrected chi connectivity index (χ4v) is 4.34. The number of rotatable bonds is 7. The number of hydrogen-bond donors (Lipinski definition) is 1. The zero-order chi connectivity index (χ0) is 18.4. The Hall–Kier alpha value is -1.77. The van der Waals surface area contributed by atoms with E-state index < -0.39 is 10.0 Å². The molecule has 0 aliphatic carbocycles. The van der Waals surface area contributed by atoms with Gasteiger partial charge in [-0.3, -0.25) is 0 Å². The van der Waals surface area contributed by atoms with E-state index in [1.165, 1.54) is 24.3 Å². The molecule has 26 heavy (non-hydrogen) atoms. The van der Waals surface area contributed by atoms with Crippen molar-refractivity contribution < 1.29 is 22.3 Å². The second kappa shape index (κ2) is 8.75. The zero-order valence-corrected chi connectivity index (χ0v) is 15.7. The van der Waals surface area contributed by atoms with E-state index in [2.05, 4.69) is 4.72 Å². The highest BCUT2D eigenvalue weighted by Crippen LogP contribution is 2.31. The summed E-state index contributed by atoms with van der Waals surface area (Å²) in [6.07, 6.45) is 1.42. The number of halogens is 1.